The number of Topliss-reactive ketones (excluding diaryl/α,β-unsaturated/α-hetero) is 1. The van der Waals surface area contributed by atoms with Crippen LogP contribution in [0.4, 0.5) is 0 Å². The van der Waals surface area contributed by atoms with Crippen molar-refractivity contribution in [2.75, 3.05) is 0 Å². The highest BCUT2D eigenvalue weighted by Crippen LogP contribution is 2.45. The van der Waals surface area contributed by atoms with Crippen LogP contribution < -0.4 is 0 Å². The summed E-state index contributed by atoms with van der Waals surface area (Å²) in [5.41, 5.74) is -0.245. The van der Waals surface area contributed by atoms with Gasteiger partial charge in [-0.15, -0.1) is 0 Å². The molecule has 1 aliphatic carbocycles. The molecule has 0 spiro atoms. The van der Waals surface area contributed by atoms with Crippen molar-refractivity contribution in [3.8, 4) is 0 Å². The second-order valence-electron chi connectivity index (χ2n) is 3.93. The van der Waals surface area contributed by atoms with Crippen molar-refractivity contribution in [3.63, 3.8) is 0 Å². The SMILES string of the molecule is CC1(C)CC(=O)CC1B(O)O. The first-order chi connectivity index (χ1) is 4.93. The fourth-order valence-corrected chi connectivity index (χ4v) is 1.74. The molecule has 0 aromatic rings. The summed E-state index contributed by atoms with van der Waals surface area (Å²) in [5.74, 6) is -0.150. The summed E-state index contributed by atoms with van der Waals surface area (Å²) >= 11 is 0. The Bertz CT molecular complexity index is 177. The molecule has 1 unspecified atom stereocenters. The minimum atomic E-state index is -1.35. The van der Waals surface area contributed by atoms with Gasteiger partial charge in [0.05, 0.1) is 0 Å². The Morgan fingerprint density at radius 2 is 2.09 bits per heavy atom. The molecular weight excluding hydrogens is 143 g/mol. The largest absolute Gasteiger partial charge is 0.455 e. The first-order valence-electron chi connectivity index (χ1n) is 3.81. The monoisotopic (exact) mass is 156 g/mol. The topological polar surface area (TPSA) is 57.5 Å². The Balaban J connectivity index is 2.74. The maximum absolute atomic E-state index is 11.0. The van der Waals surface area contributed by atoms with Crippen LogP contribution in [0.1, 0.15) is 26.7 Å². The lowest BCUT2D eigenvalue weighted by Crippen LogP contribution is -2.28. The highest BCUT2D eigenvalue weighted by molar-refractivity contribution is 6.44. The van der Waals surface area contributed by atoms with Crippen molar-refractivity contribution in [2.24, 2.45) is 5.41 Å². The molecule has 2 N–H and O–H groups in total. The highest BCUT2D eigenvalue weighted by atomic mass is 16.4. The third-order valence-corrected chi connectivity index (χ3v) is 2.46. The van der Waals surface area contributed by atoms with Crippen molar-refractivity contribution in [1.29, 1.82) is 0 Å². The van der Waals surface area contributed by atoms with Crippen molar-refractivity contribution < 1.29 is 14.8 Å². The number of carbonyl (C=O) groups is 1. The van der Waals surface area contributed by atoms with Gasteiger partial charge in [0.2, 0.25) is 0 Å². The van der Waals surface area contributed by atoms with Gasteiger partial charge in [-0.2, -0.15) is 0 Å². The van der Waals surface area contributed by atoms with E-state index in [0.717, 1.165) is 0 Å². The smallest absolute Gasteiger partial charge is 0.427 e. The zero-order valence-corrected chi connectivity index (χ0v) is 6.87. The van der Waals surface area contributed by atoms with Crippen molar-refractivity contribution >= 4 is 12.9 Å². The Hall–Kier alpha value is -0.345. The molecule has 0 bridgehead atoms. The van der Waals surface area contributed by atoms with Gasteiger partial charge in [0.15, 0.2) is 0 Å². The first kappa shape index (κ1) is 8.75. The summed E-state index contributed by atoms with van der Waals surface area (Å²) in [6.45, 7) is 3.78. The summed E-state index contributed by atoms with van der Waals surface area (Å²) in [5, 5.41) is 17.8. The third kappa shape index (κ3) is 1.63. The molecule has 0 radical (unpaired) electrons. The predicted octanol–water partition coefficient (Wildman–Crippen LogP) is 0.219. The van der Waals surface area contributed by atoms with E-state index in [-0.39, 0.29) is 17.0 Å². The number of ketones is 1. The van der Waals surface area contributed by atoms with Crippen molar-refractivity contribution in [1.82, 2.24) is 0 Å². The van der Waals surface area contributed by atoms with Crippen LogP contribution in [0.3, 0.4) is 0 Å². The van der Waals surface area contributed by atoms with E-state index in [0.29, 0.717) is 12.8 Å². The summed E-state index contributed by atoms with van der Waals surface area (Å²) in [4.78, 5) is 11.0. The van der Waals surface area contributed by atoms with E-state index in [1.165, 1.54) is 0 Å². The van der Waals surface area contributed by atoms with E-state index < -0.39 is 7.12 Å². The molecule has 1 rings (SSSR count). The Kier molecular flexibility index (Phi) is 2.07. The van der Waals surface area contributed by atoms with Crippen molar-refractivity contribution in [2.45, 2.75) is 32.5 Å². The molecular formula is C7H13BO3. The molecule has 0 aliphatic heterocycles. The summed E-state index contributed by atoms with van der Waals surface area (Å²) in [6, 6.07) is 0. The second-order valence-corrected chi connectivity index (χ2v) is 3.93. The summed E-state index contributed by atoms with van der Waals surface area (Å²) in [7, 11) is -1.35. The molecule has 62 valence electrons. The lowest BCUT2D eigenvalue weighted by atomic mass is 9.61. The zero-order valence-electron chi connectivity index (χ0n) is 6.87. The van der Waals surface area contributed by atoms with E-state index in [9.17, 15) is 4.79 Å². The maximum atomic E-state index is 11.0. The second kappa shape index (κ2) is 2.61. The van der Waals surface area contributed by atoms with E-state index in [2.05, 4.69) is 0 Å². The van der Waals surface area contributed by atoms with Crippen LogP contribution in [0, 0.1) is 5.41 Å². The molecule has 0 amide bonds. The molecule has 1 saturated carbocycles. The number of carbonyl (C=O) groups excluding carboxylic acids is 1. The minimum absolute atomic E-state index is 0.133. The average Bonchev–Trinajstić information content (AvgIpc) is 2.04. The van der Waals surface area contributed by atoms with Gasteiger partial charge >= 0.3 is 7.12 Å². The van der Waals surface area contributed by atoms with Gasteiger partial charge in [-0.1, -0.05) is 13.8 Å². The fraction of sp³-hybridized carbons (Fsp3) is 0.857. The van der Waals surface area contributed by atoms with Crippen molar-refractivity contribution in [3.05, 3.63) is 0 Å². The van der Waals surface area contributed by atoms with Gasteiger partial charge in [0.1, 0.15) is 5.78 Å². The van der Waals surface area contributed by atoms with Gasteiger partial charge in [-0.25, -0.2) is 0 Å². The van der Waals surface area contributed by atoms with E-state index in [1.807, 2.05) is 13.8 Å². The average molecular weight is 156 g/mol. The number of rotatable bonds is 1. The Morgan fingerprint density at radius 3 is 2.27 bits per heavy atom. The van der Waals surface area contributed by atoms with Gasteiger partial charge in [-0.3, -0.25) is 4.79 Å². The lowest BCUT2D eigenvalue weighted by molar-refractivity contribution is -0.117. The molecule has 1 atom stereocenters. The van der Waals surface area contributed by atoms with E-state index in [4.69, 9.17) is 10.0 Å². The van der Waals surface area contributed by atoms with Gasteiger partial charge in [0.25, 0.3) is 0 Å². The van der Waals surface area contributed by atoms with Crippen LogP contribution in [-0.4, -0.2) is 22.9 Å². The quantitative estimate of drug-likeness (QED) is 0.533. The fourth-order valence-electron chi connectivity index (χ4n) is 1.74. The molecule has 0 aromatic carbocycles. The lowest BCUT2D eigenvalue weighted by Gasteiger charge is -2.24. The summed E-state index contributed by atoms with van der Waals surface area (Å²) in [6.07, 6.45) is 0.778. The van der Waals surface area contributed by atoms with Crippen LogP contribution in [-0.2, 0) is 4.79 Å². The normalized spacial score (nSPS) is 29.1. The Morgan fingerprint density at radius 1 is 1.55 bits per heavy atom. The van der Waals surface area contributed by atoms with Crippen LogP contribution in [0.2, 0.25) is 5.82 Å². The Labute approximate surface area is 66.6 Å². The van der Waals surface area contributed by atoms with Crippen LogP contribution in [0.5, 0.6) is 0 Å². The minimum Gasteiger partial charge on any atom is -0.427 e. The van der Waals surface area contributed by atoms with E-state index in [1.54, 1.807) is 0 Å². The zero-order chi connectivity index (χ0) is 8.65. The molecule has 1 aliphatic rings. The summed E-state index contributed by atoms with van der Waals surface area (Å²) < 4.78 is 0. The predicted molar refractivity (Wildman–Crippen MR) is 42.0 cm³/mol. The van der Waals surface area contributed by atoms with Gasteiger partial charge in [0, 0.05) is 18.7 Å². The first-order valence-corrected chi connectivity index (χ1v) is 3.81. The molecule has 0 heterocycles. The highest BCUT2D eigenvalue weighted by Gasteiger charge is 2.45. The van der Waals surface area contributed by atoms with Crippen LogP contribution in [0.25, 0.3) is 0 Å². The van der Waals surface area contributed by atoms with Gasteiger partial charge in [-0.05, 0) is 5.41 Å². The number of hydrogen-bond donors (Lipinski definition) is 2. The maximum Gasteiger partial charge on any atom is 0.455 e. The molecule has 0 saturated heterocycles. The van der Waals surface area contributed by atoms with Gasteiger partial charge < -0.3 is 10.0 Å². The standard InChI is InChI=1S/C7H13BO3/c1-7(2)4-5(9)3-6(7)8(10)11/h6,10-11H,3-4H2,1-2H3. The molecule has 3 nitrogen and oxygen atoms in total. The molecule has 1 fully saturated rings. The molecule has 11 heavy (non-hydrogen) atoms. The van der Waals surface area contributed by atoms with E-state index >= 15 is 0 Å². The molecule has 4 heteroatoms. The van der Waals surface area contributed by atoms with Crippen LogP contribution in [0.15, 0.2) is 0 Å². The van der Waals surface area contributed by atoms with Crippen LogP contribution >= 0.6 is 0 Å². The third-order valence-electron chi connectivity index (χ3n) is 2.46. The molecule has 0 aromatic heterocycles. The number of hydrogen-bond acceptors (Lipinski definition) is 3.